The highest BCUT2D eigenvalue weighted by molar-refractivity contribution is 6.01. The summed E-state index contributed by atoms with van der Waals surface area (Å²) in [4.78, 5) is 16.4. The Morgan fingerprint density at radius 3 is 3.04 bits per heavy atom. The highest BCUT2D eigenvalue weighted by Crippen LogP contribution is 2.24. The van der Waals surface area contributed by atoms with E-state index in [0.29, 0.717) is 6.54 Å². The smallest absolute Gasteiger partial charge is 0.319 e. The highest BCUT2D eigenvalue weighted by Gasteiger charge is 2.17. The molecule has 5 nitrogen and oxygen atoms in total. The molecule has 4 rings (SSSR count). The van der Waals surface area contributed by atoms with Crippen molar-refractivity contribution < 1.29 is 4.79 Å². The minimum atomic E-state index is -0.190. The molecule has 126 valence electrons. The molecule has 2 aromatic carbocycles. The van der Waals surface area contributed by atoms with E-state index in [1.54, 1.807) is 12.4 Å². The average Bonchev–Trinajstić information content (AvgIpc) is 2.66. The van der Waals surface area contributed by atoms with Gasteiger partial charge in [-0.1, -0.05) is 30.3 Å². The predicted molar refractivity (Wildman–Crippen MR) is 101 cm³/mol. The third kappa shape index (κ3) is 3.40. The molecule has 0 bridgehead atoms. The van der Waals surface area contributed by atoms with Crippen LogP contribution in [0.4, 0.5) is 16.2 Å². The summed E-state index contributed by atoms with van der Waals surface area (Å²) in [5.74, 6) is 0. The molecular formula is C20H20N4O. The summed E-state index contributed by atoms with van der Waals surface area (Å²) >= 11 is 0. The van der Waals surface area contributed by atoms with E-state index in [4.69, 9.17) is 0 Å². The quantitative estimate of drug-likeness (QED) is 0.684. The van der Waals surface area contributed by atoms with Crippen molar-refractivity contribution in [1.29, 1.82) is 0 Å². The summed E-state index contributed by atoms with van der Waals surface area (Å²) < 4.78 is 0. The fourth-order valence-corrected chi connectivity index (χ4v) is 3.27. The third-order valence-electron chi connectivity index (χ3n) is 4.58. The average molecular weight is 332 g/mol. The number of nitrogens with zero attached hydrogens (tertiary/aromatic N) is 1. The van der Waals surface area contributed by atoms with Gasteiger partial charge in [0, 0.05) is 41.4 Å². The maximum Gasteiger partial charge on any atom is 0.319 e. The SMILES string of the molecule is O=C(NCC1CCc2ccccc2N1)Nc1cccc2cnccc12. The van der Waals surface area contributed by atoms with Gasteiger partial charge < -0.3 is 16.0 Å². The highest BCUT2D eigenvalue weighted by atomic mass is 16.2. The molecule has 25 heavy (non-hydrogen) atoms. The molecule has 1 aliphatic rings. The fraction of sp³-hybridized carbons (Fsp3) is 0.200. The molecular weight excluding hydrogens is 312 g/mol. The first kappa shape index (κ1) is 15.4. The van der Waals surface area contributed by atoms with E-state index in [-0.39, 0.29) is 12.1 Å². The Balaban J connectivity index is 1.37. The standard InChI is InChI=1S/C20H20N4O/c25-20(24-19-7-3-5-15-12-21-11-10-17(15)19)22-13-16-9-8-14-4-1-2-6-18(14)23-16/h1-7,10-12,16,23H,8-9,13H2,(H2,22,24,25). The molecule has 1 aromatic heterocycles. The van der Waals surface area contributed by atoms with Crippen LogP contribution in [0.1, 0.15) is 12.0 Å². The molecule has 5 heteroatoms. The first-order chi connectivity index (χ1) is 12.3. The minimum absolute atomic E-state index is 0.190. The lowest BCUT2D eigenvalue weighted by Gasteiger charge is -2.27. The van der Waals surface area contributed by atoms with Gasteiger partial charge in [0.1, 0.15) is 0 Å². The van der Waals surface area contributed by atoms with Crippen molar-refractivity contribution in [2.75, 3.05) is 17.2 Å². The number of amides is 2. The zero-order valence-electron chi connectivity index (χ0n) is 13.8. The molecule has 0 spiro atoms. The van der Waals surface area contributed by atoms with Crippen LogP contribution in [0.5, 0.6) is 0 Å². The molecule has 2 amide bonds. The van der Waals surface area contributed by atoms with E-state index >= 15 is 0 Å². The number of rotatable bonds is 3. The van der Waals surface area contributed by atoms with Crippen LogP contribution in [-0.2, 0) is 6.42 Å². The topological polar surface area (TPSA) is 66.1 Å². The van der Waals surface area contributed by atoms with Crippen LogP contribution in [0.2, 0.25) is 0 Å². The van der Waals surface area contributed by atoms with Gasteiger partial charge in [-0.15, -0.1) is 0 Å². The molecule has 0 saturated carbocycles. The summed E-state index contributed by atoms with van der Waals surface area (Å²) in [6.07, 6.45) is 5.57. The number of carbonyl (C=O) groups is 1. The lowest BCUT2D eigenvalue weighted by atomic mass is 9.98. The second-order valence-electron chi connectivity index (χ2n) is 6.27. The minimum Gasteiger partial charge on any atom is -0.380 e. The fourth-order valence-electron chi connectivity index (χ4n) is 3.27. The van der Waals surface area contributed by atoms with Crippen molar-refractivity contribution in [3.63, 3.8) is 0 Å². The van der Waals surface area contributed by atoms with Crippen LogP contribution >= 0.6 is 0 Å². The molecule has 2 heterocycles. The van der Waals surface area contributed by atoms with Gasteiger partial charge >= 0.3 is 6.03 Å². The van der Waals surface area contributed by atoms with Crippen molar-refractivity contribution in [2.45, 2.75) is 18.9 Å². The summed E-state index contributed by atoms with van der Waals surface area (Å²) in [5, 5.41) is 11.4. The number of anilines is 2. The number of hydrogen-bond donors (Lipinski definition) is 3. The number of hydrogen-bond acceptors (Lipinski definition) is 3. The van der Waals surface area contributed by atoms with Gasteiger partial charge in [-0.2, -0.15) is 0 Å². The maximum absolute atomic E-state index is 12.3. The van der Waals surface area contributed by atoms with Crippen LogP contribution in [0.15, 0.2) is 60.9 Å². The van der Waals surface area contributed by atoms with Crippen LogP contribution in [0, 0.1) is 0 Å². The zero-order chi connectivity index (χ0) is 17.1. The summed E-state index contributed by atoms with van der Waals surface area (Å²) in [6.45, 7) is 0.590. The number of nitrogens with one attached hydrogen (secondary N) is 3. The van der Waals surface area contributed by atoms with Crippen LogP contribution in [-0.4, -0.2) is 23.6 Å². The lowest BCUT2D eigenvalue weighted by Crippen LogP contribution is -2.40. The molecule has 1 atom stereocenters. The molecule has 0 aliphatic carbocycles. The summed E-state index contributed by atoms with van der Waals surface area (Å²) in [5.41, 5.74) is 3.30. The molecule has 0 radical (unpaired) electrons. The molecule has 3 aromatic rings. The number of aryl methyl sites for hydroxylation is 1. The normalized spacial score (nSPS) is 15.9. The summed E-state index contributed by atoms with van der Waals surface area (Å²) in [6, 6.07) is 16.1. The number of aromatic nitrogens is 1. The predicted octanol–water partition coefficient (Wildman–Crippen LogP) is 3.78. The van der Waals surface area contributed by atoms with E-state index in [1.165, 1.54) is 11.3 Å². The molecule has 3 N–H and O–H groups in total. The first-order valence-electron chi connectivity index (χ1n) is 8.51. The van der Waals surface area contributed by atoms with Crippen molar-refractivity contribution in [3.8, 4) is 0 Å². The Hall–Kier alpha value is -3.08. The van der Waals surface area contributed by atoms with Crippen molar-refractivity contribution >= 4 is 28.2 Å². The van der Waals surface area contributed by atoms with E-state index in [0.717, 1.165) is 29.3 Å². The molecule has 1 unspecified atom stereocenters. The Morgan fingerprint density at radius 2 is 2.08 bits per heavy atom. The van der Waals surface area contributed by atoms with Gasteiger partial charge in [0.25, 0.3) is 0 Å². The van der Waals surface area contributed by atoms with Crippen LogP contribution in [0.25, 0.3) is 10.8 Å². The van der Waals surface area contributed by atoms with Crippen molar-refractivity contribution in [2.24, 2.45) is 0 Å². The molecule has 0 saturated heterocycles. The second-order valence-corrected chi connectivity index (χ2v) is 6.27. The first-order valence-corrected chi connectivity index (χ1v) is 8.51. The number of pyridine rings is 1. The van der Waals surface area contributed by atoms with E-state index in [2.05, 4.69) is 39.1 Å². The number of carbonyl (C=O) groups excluding carboxylic acids is 1. The number of para-hydroxylation sites is 1. The number of urea groups is 1. The second kappa shape index (κ2) is 6.81. The van der Waals surface area contributed by atoms with Crippen LogP contribution in [0.3, 0.4) is 0 Å². The zero-order valence-corrected chi connectivity index (χ0v) is 13.8. The monoisotopic (exact) mass is 332 g/mol. The number of fused-ring (bicyclic) bond motifs is 2. The van der Waals surface area contributed by atoms with Gasteiger partial charge in [-0.05, 0) is 36.6 Å². The third-order valence-corrected chi connectivity index (χ3v) is 4.58. The van der Waals surface area contributed by atoms with E-state index in [1.807, 2.05) is 30.3 Å². The maximum atomic E-state index is 12.3. The van der Waals surface area contributed by atoms with E-state index in [9.17, 15) is 4.79 Å². The van der Waals surface area contributed by atoms with Gasteiger partial charge in [0.15, 0.2) is 0 Å². The van der Waals surface area contributed by atoms with Gasteiger partial charge in [-0.25, -0.2) is 4.79 Å². The van der Waals surface area contributed by atoms with Crippen molar-refractivity contribution in [3.05, 3.63) is 66.5 Å². The Morgan fingerprint density at radius 1 is 1.16 bits per heavy atom. The van der Waals surface area contributed by atoms with E-state index < -0.39 is 0 Å². The molecule has 1 aliphatic heterocycles. The molecule has 0 fully saturated rings. The van der Waals surface area contributed by atoms with Gasteiger partial charge in [-0.3, -0.25) is 4.98 Å². The summed E-state index contributed by atoms with van der Waals surface area (Å²) in [7, 11) is 0. The van der Waals surface area contributed by atoms with Crippen LogP contribution < -0.4 is 16.0 Å². The van der Waals surface area contributed by atoms with Gasteiger partial charge in [0.05, 0.1) is 5.69 Å². The Bertz CT molecular complexity index is 904. The Labute approximate surface area is 146 Å². The van der Waals surface area contributed by atoms with Crippen molar-refractivity contribution in [1.82, 2.24) is 10.3 Å². The number of benzene rings is 2. The Kier molecular flexibility index (Phi) is 4.21. The lowest BCUT2D eigenvalue weighted by molar-refractivity contribution is 0.251. The largest absolute Gasteiger partial charge is 0.380 e. The van der Waals surface area contributed by atoms with Gasteiger partial charge in [0.2, 0.25) is 0 Å².